The largest absolute Gasteiger partial charge is 0.493 e. The lowest BCUT2D eigenvalue weighted by atomic mass is 10.1. The van der Waals surface area contributed by atoms with Gasteiger partial charge >= 0.3 is 0 Å². The van der Waals surface area contributed by atoms with Crippen LogP contribution in [0.5, 0.6) is 5.88 Å². The van der Waals surface area contributed by atoms with E-state index in [0.29, 0.717) is 5.65 Å². The molecule has 0 aliphatic carbocycles. The summed E-state index contributed by atoms with van der Waals surface area (Å²) in [7, 11) is 0. The SMILES string of the molecule is CCc1cnc2c(-c3ccc(Sc4ccccc4)cc3)cnn2c1O. The molecule has 2 heterocycles. The van der Waals surface area contributed by atoms with Crippen molar-refractivity contribution in [3.63, 3.8) is 0 Å². The van der Waals surface area contributed by atoms with Gasteiger partial charge in [0.1, 0.15) is 0 Å². The summed E-state index contributed by atoms with van der Waals surface area (Å²) in [5.41, 5.74) is 3.40. The van der Waals surface area contributed by atoms with Crippen molar-refractivity contribution >= 4 is 17.4 Å². The third-order valence-corrected chi connectivity index (χ3v) is 5.12. The van der Waals surface area contributed by atoms with Crippen LogP contribution in [-0.2, 0) is 6.42 Å². The minimum absolute atomic E-state index is 0.162. The van der Waals surface area contributed by atoms with Crippen molar-refractivity contribution in [3.8, 4) is 17.0 Å². The zero-order valence-electron chi connectivity index (χ0n) is 13.8. The molecule has 0 fully saturated rings. The minimum atomic E-state index is 0.162. The zero-order chi connectivity index (χ0) is 17.2. The normalized spacial score (nSPS) is 11.1. The van der Waals surface area contributed by atoms with E-state index in [0.717, 1.165) is 23.1 Å². The van der Waals surface area contributed by atoms with Crippen LogP contribution in [0.25, 0.3) is 16.8 Å². The molecule has 2 aromatic heterocycles. The van der Waals surface area contributed by atoms with Gasteiger partial charge in [-0.2, -0.15) is 9.61 Å². The van der Waals surface area contributed by atoms with Crippen LogP contribution in [0.3, 0.4) is 0 Å². The van der Waals surface area contributed by atoms with E-state index in [2.05, 4.69) is 46.5 Å². The summed E-state index contributed by atoms with van der Waals surface area (Å²) in [6.07, 6.45) is 4.19. The van der Waals surface area contributed by atoms with E-state index in [1.165, 1.54) is 14.3 Å². The van der Waals surface area contributed by atoms with Crippen molar-refractivity contribution in [2.45, 2.75) is 23.1 Å². The van der Waals surface area contributed by atoms with Crippen LogP contribution in [0.4, 0.5) is 0 Å². The monoisotopic (exact) mass is 347 g/mol. The average Bonchev–Trinajstić information content (AvgIpc) is 3.09. The van der Waals surface area contributed by atoms with Gasteiger partial charge in [0.15, 0.2) is 5.65 Å². The molecule has 0 amide bonds. The topological polar surface area (TPSA) is 50.4 Å². The molecular weight excluding hydrogens is 330 g/mol. The molecule has 0 spiro atoms. The van der Waals surface area contributed by atoms with Gasteiger partial charge in [0.2, 0.25) is 5.88 Å². The lowest BCUT2D eigenvalue weighted by Gasteiger charge is -2.05. The first-order chi connectivity index (χ1) is 12.3. The molecule has 4 aromatic rings. The fraction of sp³-hybridized carbons (Fsp3) is 0.100. The Balaban J connectivity index is 1.66. The van der Waals surface area contributed by atoms with E-state index in [1.54, 1.807) is 24.2 Å². The van der Waals surface area contributed by atoms with E-state index in [9.17, 15) is 5.11 Å². The number of benzene rings is 2. The van der Waals surface area contributed by atoms with E-state index >= 15 is 0 Å². The van der Waals surface area contributed by atoms with Crippen LogP contribution in [0.15, 0.2) is 76.8 Å². The number of hydrogen-bond donors (Lipinski definition) is 1. The molecule has 0 aliphatic heterocycles. The molecule has 0 radical (unpaired) electrons. The Morgan fingerprint density at radius 2 is 1.68 bits per heavy atom. The van der Waals surface area contributed by atoms with Crippen molar-refractivity contribution in [2.75, 3.05) is 0 Å². The predicted molar refractivity (Wildman–Crippen MR) is 100 cm³/mol. The van der Waals surface area contributed by atoms with Gasteiger partial charge in [-0.1, -0.05) is 49.0 Å². The third kappa shape index (κ3) is 2.98. The highest BCUT2D eigenvalue weighted by atomic mass is 32.2. The molecule has 0 atom stereocenters. The molecule has 0 saturated heterocycles. The zero-order valence-corrected chi connectivity index (χ0v) is 14.6. The van der Waals surface area contributed by atoms with Crippen LogP contribution in [0, 0.1) is 0 Å². The van der Waals surface area contributed by atoms with Gasteiger partial charge in [0.05, 0.1) is 6.20 Å². The Kier molecular flexibility index (Phi) is 4.15. The van der Waals surface area contributed by atoms with Crippen LogP contribution >= 0.6 is 11.8 Å². The minimum Gasteiger partial charge on any atom is -0.493 e. The lowest BCUT2D eigenvalue weighted by Crippen LogP contribution is -1.96. The Hall–Kier alpha value is -2.79. The number of hydrogen-bond acceptors (Lipinski definition) is 4. The predicted octanol–water partition coefficient (Wildman–Crippen LogP) is 4.82. The van der Waals surface area contributed by atoms with Crippen LogP contribution < -0.4 is 0 Å². The summed E-state index contributed by atoms with van der Waals surface area (Å²) >= 11 is 1.73. The van der Waals surface area contributed by atoms with Gasteiger partial charge in [-0.05, 0) is 36.2 Å². The number of aromatic hydroxyl groups is 1. The fourth-order valence-electron chi connectivity index (χ4n) is 2.73. The Morgan fingerprint density at radius 1 is 0.960 bits per heavy atom. The van der Waals surface area contributed by atoms with E-state index < -0.39 is 0 Å². The molecule has 4 rings (SSSR count). The maximum absolute atomic E-state index is 10.3. The first-order valence-corrected chi connectivity index (χ1v) is 8.96. The second-order valence-electron chi connectivity index (χ2n) is 5.69. The van der Waals surface area contributed by atoms with Crippen molar-refractivity contribution in [3.05, 3.63) is 72.6 Å². The Bertz CT molecular complexity index is 1010. The molecule has 1 N–H and O–H groups in total. The smallest absolute Gasteiger partial charge is 0.218 e. The second-order valence-corrected chi connectivity index (χ2v) is 6.84. The summed E-state index contributed by atoms with van der Waals surface area (Å²) in [5, 5.41) is 14.6. The number of aryl methyl sites for hydroxylation is 1. The summed E-state index contributed by atoms with van der Waals surface area (Å²) < 4.78 is 1.50. The summed E-state index contributed by atoms with van der Waals surface area (Å²) in [5.74, 6) is 0.162. The molecular formula is C20H17N3OS. The van der Waals surface area contributed by atoms with Crippen LogP contribution in [0.1, 0.15) is 12.5 Å². The standard InChI is InChI=1S/C20H17N3OS/c1-2-14-12-21-19-18(13-22-23(19)20(14)24)15-8-10-17(11-9-15)25-16-6-4-3-5-7-16/h3-13,24H,2H2,1H3. The van der Waals surface area contributed by atoms with Crippen molar-refractivity contribution in [1.82, 2.24) is 14.6 Å². The average molecular weight is 347 g/mol. The molecule has 124 valence electrons. The molecule has 0 aliphatic rings. The van der Waals surface area contributed by atoms with Gasteiger partial charge in [-0.25, -0.2) is 4.98 Å². The van der Waals surface area contributed by atoms with Gasteiger partial charge in [0, 0.05) is 27.1 Å². The molecule has 0 unspecified atom stereocenters. The molecule has 0 bridgehead atoms. The molecule has 2 aromatic carbocycles. The quantitative estimate of drug-likeness (QED) is 0.575. The first kappa shape index (κ1) is 15.7. The number of fused-ring (bicyclic) bond motifs is 1. The lowest BCUT2D eigenvalue weighted by molar-refractivity contribution is 0.428. The molecule has 5 heteroatoms. The highest BCUT2D eigenvalue weighted by Gasteiger charge is 2.13. The summed E-state index contributed by atoms with van der Waals surface area (Å²) in [6.45, 7) is 1.98. The maximum atomic E-state index is 10.3. The molecule has 4 nitrogen and oxygen atoms in total. The van der Waals surface area contributed by atoms with Gasteiger partial charge < -0.3 is 5.11 Å². The summed E-state index contributed by atoms with van der Waals surface area (Å²) in [4.78, 5) is 6.86. The van der Waals surface area contributed by atoms with Crippen molar-refractivity contribution in [1.29, 1.82) is 0 Å². The van der Waals surface area contributed by atoms with E-state index in [-0.39, 0.29) is 5.88 Å². The van der Waals surface area contributed by atoms with Crippen molar-refractivity contribution < 1.29 is 5.11 Å². The number of nitrogens with zero attached hydrogens (tertiary/aromatic N) is 3. The highest BCUT2D eigenvalue weighted by molar-refractivity contribution is 7.99. The Morgan fingerprint density at radius 3 is 2.40 bits per heavy atom. The fourth-order valence-corrected chi connectivity index (χ4v) is 3.57. The Labute approximate surface area is 150 Å². The highest BCUT2D eigenvalue weighted by Crippen LogP contribution is 2.31. The van der Waals surface area contributed by atoms with Gasteiger partial charge in [-0.15, -0.1) is 0 Å². The summed E-state index contributed by atoms with van der Waals surface area (Å²) in [6, 6.07) is 18.6. The second kappa shape index (κ2) is 6.61. The van der Waals surface area contributed by atoms with Crippen LogP contribution in [-0.4, -0.2) is 19.7 Å². The van der Waals surface area contributed by atoms with E-state index in [1.807, 2.05) is 25.1 Å². The number of rotatable bonds is 4. The third-order valence-electron chi connectivity index (χ3n) is 4.10. The first-order valence-electron chi connectivity index (χ1n) is 8.14. The molecule has 0 saturated carbocycles. The van der Waals surface area contributed by atoms with Crippen molar-refractivity contribution in [2.24, 2.45) is 0 Å². The van der Waals surface area contributed by atoms with Crippen LogP contribution in [0.2, 0.25) is 0 Å². The van der Waals surface area contributed by atoms with E-state index in [4.69, 9.17) is 0 Å². The number of aromatic nitrogens is 3. The van der Waals surface area contributed by atoms with Gasteiger partial charge in [-0.3, -0.25) is 0 Å². The van der Waals surface area contributed by atoms with Gasteiger partial charge in [0.25, 0.3) is 0 Å². The maximum Gasteiger partial charge on any atom is 0.218 e. The molecule has 25 heavy (non-hydrogen) atoms.